The van der Waals surface area contributed by atoms with Gasteiger partial charge in [-0.1, -0.05) is 41.7 Å². The summed E-state index contributed by atoms with van der Waals surface area (Å²) in [6, 6.07) is 8.05. The molecule has 0 fully saturated rings. The maximum atomic E-state index is 10.2. The second-order valence-electron chi connectivity index (χ2n) is 3.09. The zero-order valence-corrected chi connectivity index (χ0v) is 8.08. The van der Waals surface area contributed by atoms with Gasteiger partial charge in [0.1, 0.15) is 6.42 Å². The Hall–Kier alpha value is -1.75. The molecule has 0 atom stereocenters. The number of hydrogen-bond acceptors (Lipinski definition) is 1. The van der Waals surface area contributed by atoms with Gasteiger partial charge in [0.2, 0.25) is 0 Å². The van der Waals surface area contributed by atoms with Gasteiger partial charge in [-0.25, -0.2) is 0 Å². The Bertz CT molecular complexity index is 366. The minimum Gasteiger partial charge on any atom is -0.481 e. The van der Waals surface area contributed by atoms with Crippen molar-refractivity contribution in [3.05, 3.63) is 35.4 Å². The zero-order chi connectivity index (χ0) is 10.4. The molecule has 1 rings (SSSR count). The Morgan fingerprint density at radius 2 is 1.93 bits per heavy atom. The van der Waals surface area contributed by atoms with E-state index in [-0.39, 0.29) is 6.42 Å². The van der Waals surface area contributed by atoms with Crippen LogP contribution in [0, 0.1) is 18.8 Å². The van der Waals surface area contributed by atoms with Crippen LogP contribution in [0.3, 0.4) is 0 Å². The molecule has 0 aliphatic carbocycles. The Morgan fingerprint density at radius 3 is 2.50 bits per heavy atom. The highest BCUT2D eigenvalue weighted by molar-refractivity contribution is 5.69. The highest BCUT2D eigenvalue weighted by Gasteiger charge is 1.90. The molecule has 0 saturated heterocycles. The third-order valence-electron chi connectivity index (χ3n) is 1.78. The molecule has 2 nitrogen and oxygen atoms in total. The van der Waals surface area contributed by atoms with Crippen molar-refractivity contribution in [1.29, 1.82) is 0 Å². The van der Waals surface area contributed by atoms with Gasteiger partial charge in [0.05, 0.1) is 0 Å². The molecule has 0 amide bonds. The average Bonchev–Trinajstić information content (AvgIpc) is 2.15. The highest BCUT2D eigenvalue weighted by Crippen LogP contribution is 2.02. The lowest BCUT2D eigenvalue weighted by molar-refractivity contribution is -0.135. The van der Waals surface area contributed by atoms with Gasteiger partial charge in [0.25, 0.3) is 0 Å². The molecular formula is C12H12O2. The van der Waals surface area contributed by atoms with Gasteiger partial charge < -0.3 is 5.11 Å². The van der Waals surface area contributed by atoms with E-state index < -0.39 is 5.97 Å². The van der Waals surface area contributed by atoms with Crippen molar-refractivity contribution in [1.82, 2.24) is 0 Å². The van der Waals surface area contributed by atoms with Gasteiger partial charge in [0.15, 0.2) is 0 Å². The topological polar surface area (TPSA) is 37.3 Å². The Morgan fingerprint density at radius 1 is 1.29 bits per heavy atom. The average molecular weight is 188 g/mol. The molecule has 0 unspecified atom stereocenters. The summed E-state index contributed by atoms with van der Waals surface area (Å²) in [6.45, 7) is 2.03. The molecule has 0 aliphatic rings. The summed E-state index contributed by atoms with van der Waals surface area (Å²) in [5.41, 5.74) is 2.33. The molecule has 0 heterocycles. The summed E-state index contributed by atoms with van der Waals surface area (Å²) in [5.74, 6) is 4.55. The summed E-state index contributed by atoms with van der Waals surface area (Å²) in [4.78, 5) is 10.2. The van der Waals surface area contributed by atoms with Crippen LogP contribution < -0.4 is 0 Å². The lowest BCUT2D eigenvalue weighted by Gasteiger charge is -1.94. The Labute approximate surface area is 83.6 Å². The highest BCUT2D eigenvalue weighted by atomic mass is 16.4. The standard InChI is InChI=1S/C12H12O2/c1-10-6-8-11(9-7-10)4-2-3-5-12(13)14/h6-9H,4-5H2,1H3,(H,13,14). The fraction of sp³-hybridized carbons (Fsp3) is 0.250. The second kappa shape index (κ2) is 5.08. The minimum absolute atomic E-state index is 0.0775. The molecule has 1 N–H and O–H groups in total. The molecule has 14 heavy (non-hydrogen) atoms. The number of aryl methyl sites for hydroxylation is 1. The van der Waals surface area contributed by atoms with E-state index in [9.17, 15) is 4.79 Å². The van der Waals surface area contributed by atoms with Crippen molar-refractivity contribution in [2.75, 3.05) is 0 Å². The maximum Gasteiger partial charge on any atom is 0.315 e. The summed E-state index contributed by atoms with van der Waals surface area (Å²) in [7, 11) is 0. The van der Waals surface area contributed by atoms with Crippen LogP contribution in [0.5, 0.6) is 0 Å². The largest absolute Gasteiger partial charge is 0.481 e. The van der Waals surface area contributed by atoms with Crippen LogP contribution in [0.2, 0.25) is 0 Å². The normalized spacial score (nSPS) is 8.93. The molecule has 0 spiro atoms. The Balaban J connectivity index is 2.48. The first-order valence-corrected chi connectivity index (χ1v) is 4.41. The molecule has 0 aromatic heterocycles. The SMILES string of the molecule is Cc1ccc(CC#CCC(=O)O)cc1. The van der Waals surface area contributed by atoms with Crippen molar-refractivity contribution < 1.29 is 9.90 Å². The van der Waals surface area contributed by atoms with Crippen LogP contribution in [0.15, 0.2) is 24.3 Å². The summed E-state index contributed by atoms with van der Waals surface area (Å²) < 4.78 is 0. The molecule has 0 bridgehead atoms. The van der Waals surface area contributed by atoms with E-state index in [2.05, 4.69) is 11.8 Å². The van der Waals surface area contributed by atoms with Gasteiger partial charge in [-0.2, -0.15) is 0 Å². The van der Waals surface area contributed by atoms with Gasteiger partial charge in [-0.05, 0) is 12.5 Å². The van der Waals surface area contributed by atoms with E-state index in [4.69, 9.17) is 5.11 Å². The first kappa shape index (κ1) is 10.3. The lowest BCUT2D eigenvalue weighted by Crippen LogP contribution is -1.90. The summed E-state index contributed by atoms with van der Waals surface area (Å²) >= 11 is 0. The maximum absolute atomic E-state index is 10.2. The van der Waals surface area contributed by atoms with Crippen LogP contribution in [0.25, 0.3) is 0 Å². The van der Waals surface area contributed by atoms with Crippen LogP contribution in [-0.2, 0) is 11.2 Å². The quantitative estimate of drug-likeness (QED) is 0.721. The van der Waals surface area contributed by atoms with E-state index in [1.54, 1.807) is 0 Å². The van der Waals surface area contributed by atoms with E-state index in [0.717, 1.165) is 5.56 Å². The van der Waals surface area contributed by atoms with Crippen LogP contribution in [-0.4, -0.2) is 11.1 Å². The van der Waals surface area contributed by atoms with Gasteiger partial charge >= 0.3 is 5.97 Å². The number of carboxylic acid groups (broad SMARTS) is 1. The second-order valence-corrected chi connectivity index (χ2v) is 3.09. The summed E-state index contributed by atoms with van der Waals surface area (Å²) in [6.07, 6.45) is 0.541. The number of rotatable bonds is 2. The predicted octanol–water partition coefficient (Wildman–Crippen LogP) is 2.02. The third-order valence-corrected chi connectivity index (χ3v) is 1.78. The fourth-order valence-electron chi connectivity index (χ4n) is 1.01. The Kier molecular flexibility index (Phi) is 3.75. The number of carbonyl (C=O) groups is 1. The molecule has 2 heteroatoms. The number of hydrogen-bond donors (Lipinski definition) is 1. The van der Waals surface area contributed by atoms with Crippen molar-refractivity contribution in [3.8, 4) is 11.8 Å². The van der Waals surface area contributed by atoms with E-state index >= 15 is 0 Å². The van der Waals surface area contributed by atoms with Gasteiger partial charge in [-0.15, -0.1) is 0 Å². The molecule has 72 valence electrons. The van der Waals surface area contributed by atoms with Crippen LogP contribution >= 0.6 is 0 Å². The van der Waals surface area contributed by atoms with E-state index in [1.807, 2.05) is 31.2 Å². The van der Waals surface area contributed by atoms with E-state index in [0.29, 0.717) is 6.42 Å². The minimum atomic E-state index is -0.874. The summed E-state index contributed by atoms with van der Waals surface area (Å²) in [5, 5.41) is 8.34. The molecule has 0 aliphatic heterocycles. The van der Waals surface area contributed by atoms with Crippen LogP contribution in [0.4, 0.5) is 0 Å². The molecule has 0 radical (unpaired) electrons. The monoisotopic (exact) mass is 188 g/mol. The zero-order valence-electron chi connectivity index (χ0n) is 8.08. The van der Waals surface area contributed by atoms with Gasteiger partial charge in [0, 0.05) is 6.42 Å². The lowest BCUT2D eigenvalue weighted by atomic mass is 10.1. The van der Waals surface area contributed by atoms with Gasteiger partial charge in [-0.3, -0.25) is 4.79 Å². The fourth-order valence-corrected chi connectivity index (χ4v) is 1.01. The van der Waals surface area contributed by atoms with Crippen molar-refractivity contribution in [2.45, 2.75) is 19.8 Å². The smallest absolute Gasteiger partial charge is 0.315 e. The first-order chi connectivity index (χ1) is 6.68. The third kappa shape index (κ3) is 3.77. The number of aliphatic carboxylic acids is 1. The van der Waals surface area contributed by atoms with Crippen LogP contribution in [0.1, 0.15) is 17.5 Å². The number of benzene rings is 1. The molecule has 0 saturated carbocycles. The number of carboxylic acids is 1. The van der Waals surface area contributed by atoms with E-state index in [1.165, 1.54) is 5.56 Å². The van der Waals surface area contributed by atoms with Crippen molar-refractivity contribution in [2.24, 2.45) is 0 Å². The molecular weight excluding hydrogens is 176 g/mol. The predicted molar refractivity (Wildman–Crippen MR) is 54.9 cm³/mol. The first-order valence-electron chi connectivity index (χ1n) is 4.41. The van der Waals surface area contributed by atoms with Crippen molar-refractivity contribution >= 4 is 5.97 Å². The van der Waals surface area contributed by atoms with Crippen molar-refractivity contribution in [3.63, 3.8) is 0 Å². The molecule has 1 aromatic rings. The molecule has 1 aromatic carbocycles.